The minimum atomic E-state index is -3.23. The molecule has 0 atom stereocenters. The van der Waals surface area contributed by atoms with Crippen LogP contribution in [0.1, 0.15) is 70.6 Å². The monoisotopic (exact) mass is 314 g/mol. The standard InChI is InChI=1S/C16H30N2O2S/c1-17(15-7-3-4-8-15)21(19,20)18-13-11-16(12-14-18)9-5-2-6-10-16/h15H,2-14H2,1H3. The second-order valence-electron chi connectivity index (χ2n) is 7.42. The molecule has 1 aliphatic heterocycles. The Morgan fingerprint density at radius 2 is 1.48 bits per heavy atom. The molecule has 0 radical (unpaired) electrons. The van der Waals surface area contributed by atoms with Crippen molar-refractivity contribution in [3.8, 4) is 0 Å². The first kappa shape index (κ1) is 15.8. The van der Waals surface area contributed by atoms with Crippen LogP contribution in [0.5, 0.6) is 0 Å². The summed E-state index contributed by atoms with van der Waals surface area (Å²) in [4.78, 5) is 0. The minimum absolute atomic E-state index is 0.237. The normalized spacial score (nSPS) is 28.5. The largest absolute Gasteiger partial charge is 0.281 e. The fraction of sp³-hybridized carbons (Fsp3) is 1.00. The van der Waals surface area contributed by atoms with Crippen LogP contribution >= 0.6 is 0 Å². The van der Waals surface area contributed by atoms with Crippen LogP contribution in [-0.2, 0) is 10.2 Å². The fourth-order valence-electron chi connectivity index (χ4n) is 4.63. The van der Waals surface area contributed by atoms with E-state index in [2.05, 4.69) is 0 Å². The second kappa shape index (κ2) is 6.17. The molecule has 21 heavy (non-hydrogen) atoms. The van der Waals surface area contributed by atoms with Crippen molar-refractivity contribution >= 4 is 10.2 Å². The first-order valence-corrected chi connectivity index (χ1v) is 10.2. The van der Waals surface area contributed by atoms with Crippen LogP contribution in [0.15, 0.2) is 0 Å². The molecule has 0 aromatic heterocycles. The van der Waals surface area contributed by atoms with Gasteiger partial charge in [-0.15, -0.1) is 0 Å². The summed E-state index contributed by atoms with van der Waals surface area (Å²) in [5.74, 6) is 0. The Morgan fingerprint density at radius 3 is 2.05 bits per heavy atom. The van der Waals surface area contributed by atoms with Crippen molar-refractivity contribution in [2.45, 2.75) is 76.7 Å². The fourth-order valence-corrected chi connectivity index (χ4v) is 6.23. The lowest BCUT2D eigenvalue weighted by Crippen LogP contribution is -2.50. The number of nitrogens with zero attached hydrogens (tertiary/aromatic N) is 2. The number of hydrogen-bond donors (Lipinski definition) is 0. The summed E-state index contributed by atoms with van der Waals surface area (Å²) in [7, 11) is -1.45. The van der Waals surface area contributed by atoms with Gasteiger partial charge in [-0.2, -0.15) is 17.0 Å². The molecule has 0 N–H and O–H groups in total. The van der Waals surface area contributed by atoms with Gasteiger partial charge in [0.15, 0.2) is 0 Å². The molecule has 2 saturated carbocycles. The lowest BCUT2D eigenvalue weighted by molar-refractivity contribution is 0.0990. The zero-order valence-electron chi connectivity index (χ0n) is 13.4. The van der Waals surface area contributed by atoms with Crippen molar-refractivity contribution in [1.29, 1.82) is 0 Å². The smallest absolute Gasteiger partial charge is 0.195 e. The molecule has 122 valence electrons. The van der Waals surface area contributed by atoms with Crippen molar-refractivity contribution < 1.29 is 8.42 Å². The maximum Gasteiger partial charge on any atom is 0.281 e. The van der Waals surface area contributed by atoms with Crippen molar-refractivity contribution in [2.75, 3.05) is 20.1 Å². The highest BCUT2D eigenvalue weighted by atomic mass is 32.2. The summed E-state index contributed by atoms with van der Waals surface area (Å²) >= 11 is 0. The summed E-state index contributed by atoms with van der Waals surface area (Å²) in [5.41, 5.74) is 0.468. The third-order valence-electron chi connectivity index (χ3n) is 6.23. The Kier molecular flexibility index (Phi) is 4.63. The first-order chi connectivity index (χ1) is 10.0. The van der Waals surface area contributed by atoms with Crippen molar-refractivity contribution in [1.82, 2.24) is 8.61 Å². The van der Waals surface area contributed by atoms with E-state index in [-0.39, 0.29) is 6.04 Å². The van der Waals surface area contributed by atoms with E-state index in [0.29, 0.717) is 5.41 Å². The molecule has 0 amide bonds. The van der Waals surface area contributed by atoms with E-state index in [1.54, 1.807) is 15.7 Å². The zero-order valence-corrected chi connectivity index (χ0v) is 14.2. The van der Waals surface area contributed by atoms with Crippen LogP contribution in [0, 0.1) is 5.41 Å². The molecule has 1 spiro atoms. The van der Waals surface area contributed by atoms with Crippen molar-refractivity contribution in [3.05, 3.63) is 0 Å². The van der Waals surface area contributed by atoms with Gasteiger partial charge in [-0.3, -0.25) is 0 Å². The van der Waals surface area contributed by atoms with E-state index in [1.807, 2.05) is 0 Å². The van der Waals surface area contributed by atoms with Crippen LogP contribution < -0.4 is 0 Å². The molecule has 2 aliphatic carbocycles. The highest BCUT2D eigenvalue weighted by Gasteiger charge is 2.41. The van der Waals surface area contributed by atoms with Gasteiger partial charge in [0.05, 0.1) is 0 Å². The molecule has 0 unspecified atom stereocenters. The average Bonchev–Trinajstić information content (AvgIpc) is 3.02. The van der Waals surface area contributed by atoms with E-state index in [0.717, 1.165) is 38.8 Å². The predicted octanol–water partition coefficient (Wildman–Crippen LogP) is 3.15. The molecule has 0 aromatic carbocycles. The number of rotatable bonds is 3. The van der Waals surface area contributed by atoms with Crippen molar-refractivity contribution in [2.24, 2.45) is 5.41 Å². The highest BCUT2D eigenvalue weighted by molar-refractivity contribution is 7.86. The van der Waals surface area contributed by atoms with E-state index in [4.69, 9.17) is 0 Å². The third-order valence-corrected chi connectivity index (χ3v) is 8.27. The molecule has 3 rings (SSSR count). The molecule has 0 aromatic rings. The van der Waals surface area contributed by atoms with Gasteiger partial charge < -0.3 is 0 Å². The Hall–Kier alpha value is -0.130. The summed E-state index contributed by atoms with van der Waals surface area (Å²) in [6.07, 6.45) is 13.3. The van der Waals surface area contributed by atoms with Gasteiger partial charge in [0.2, 0.25) is 0 Å². The molecule has 5 heteroatoms. The van der Waals surface area contributed by atoms with Gasteiger partial charge in [0, 0.05) is 26.2 Å². The van der Waals surface area contributed by atoms with Gasteiger partial charge >= 0.3 is 0 Å². The topological polar surface area (TPSA) is 40.6 Å². The lowest BCUT2D eigenvalue weighted by Gasteiger charge is -2.44. The quantitative estimate of drug-likeness (QED) is 0.803. The van der Waals surface area contributed by atoms with Crippen LogP contribution in [0.3, 0.4) is 0 Å². The summed E-state index contributed by atoms with van der Waals surface area (Å²) in [6, 6.07) is 0.237. The molecular weight excluding hydrogens is 284 g/mol. The SMILES string of the molecule is CN(C1CCCC1)S(=O)(=O)N1CCC2(CCCCC2)CC1. The maximum absolute atomic E-state index is 12.8. The van der Waals surface area contributed by atoms with Gasteiger partial charge in [0.1, 0.15) is 0 Å². The Labute approximate surface area is 130 Å². The molecule has 4 nitrogen and oxygen atoms in total. The van der Waals surface area contributed by atoms with Gasteiger partial charge in [-0.05, 0) is 43.9 Å². The molecular formula is C16H30N2O2S. The summed E-state index contributed by atoms with van der Waals surface area (Å²) in [5, 5.41) is 0. The van der Waals surface area contributed by atoms with E-state index in [9.17, 15) is 8.42 Å². The van der Waals surface area contributed by atoms with Crippen LogP contribution in [0.2, 0.25) is 0 Å². The van der Waals surface area contributed by atoms with Crippen molar-refractivity contribution in [3.63, 3.8) is 0 Å². The summed E-state index contributed by atoms with van der Waals surface area (Å²) in [6.45, 7) is 1.47. The van der Waals surface area contributed by atoms with E-state index in [1.165, 1.54) is 44.9 Å². The van der Waals surface area contributed by atoms with Gasteiger partial charge in [-0.1, -0.05) is 32.1 Å². The molecule has 3 aliphatic rings. The number of piperidine rings is 1. The average molecular weight is 314 g/mol. The predicted molar refractivity (Wildman–Crippen MR) is 85.3 cm³/mol. The zero-order chi connectivity index (χ0) is 14.9. The molecule has 1 heterocycles. The van der Waals surface area contributed by atoms with Crippen LogP contribution in [0.4, 0.5) is 0 Å². The van der Waals surface area contributed by atoms with Gasteiger partial charge in [-0.25, -0.2) is 0 Å². The highest BCUT2D eigenvalue weighted by Crippen LogP contribution is 2.45. The van der Waals surface area contributed by atoms with Crippen LogP contribution in [-0.4, -0.2) is 43.2 Å². The maximum atomic E-state index is 12.8. The number of hydrogen-bond acceptors (Lipinski definition) is 2. The second-order valence-corrected chi connectivity index (χ2v) is 9.41. The summed E-state index contributed by atoms with van der Waals surface area (Å²) < 4.78 is 29.0. The Morgan fingerprint density at radius 1 is 0.905 bits per heavy atom. The molecule has 0 bridgehead atoms. The van der Waals surface area contributed by atoms with Gasteiger partial charge in [0.25, 0.3) is 10.2 Å². The Bertz CT molecular complexity index is 441. The third kappa shape index (κ3) is 3.15. The minimum Gasteiger partial charge on any atom is -0.195 e. The van der Waals surface area contributed by atoms with E-state index >= 15 is 0 Å². The van der Waals surface area contributed by atoms with E-state index < -0.39 is 10.2 Å². The lowest BCUT2D eigenvalue weighted by atomic mass is 9.68. The molecule has 3 fully saturated rings. The first-order valence-electron chi connectivity index (χ1n) is 8.77. The molecule has 1 saturated heterocycles. The van der Waals surface area contributed by atoms with Crippen LogP contribution in [0.25, 0.3) is 0 Å². The Balaban J connectivity index is 1.62.